The molecule has 6 heteroatoms. The number of benzene rings is 2. The molecular weight excluding hydrogens is 371 g/mol. The highest BCUT2D eigenvalue weighted by molar-refractivity contribution is 5.94. The SMILES string of the molecule is COc1ccc(-c2cc([C@H]3CCCCCN3C(=O)c3ccc(F)cc3)no2)cc1. The summed E-state index contributed by atoms with van der Waals surface area (Å²) in [7, 11) is 1.63. The molecule has 2 aromatic carbocycles. The topological polar surface area (TPSA) is 55.6 Å². The zero-order valence-corrected chi connectivity index (χ0v) is 16.3. The van der Waals surface area contributed by atoms with E-state index >= 15 is 0 Å². The van der Waals surface area contributed by atoms with Gasteiger partial charge in [0.05, 0.1) is 13.2 Å². The van der Waals surface area contributed by atoms with Crippen LogP contribution < -0.4 is 4.74 Å². The molecule has 3 aromatic rings. The van der Waals surface area contributed by atoms with Crippen LogP contribution in [0.5, 0.6) is 5.75 Å². The van der Waals surface area contributed by atoms with E-state index in [9.17, 15) is 9.18 Å². The molecule has 0 bridgehead atoms. The van der Waals surface area contributed by atoms with Crippen molar-refractivity contribution in [3.05, 3.63) is 71.7 Å². The maximum atomic E-state index is 13.3. The summed E-state index contributed by atoms with van der Waals surface area (Å²) in [6, 6.07) is 15.0. The molecule has 1 aromatic heterocycles. The summed E-state index contributed by atoms with van der Waals surface area (Å²) >= 11 is 0. The minimum atomic E-state index is -0.352. The summed E-state index contributed by atoms with van der Waals surface area (Å²) in [5.41, 5.74) is 2.12. The van der Waals surface area contributed by atoms with Gasteiger partial charge < -0.3 is 14.2 Å². The van der Waals surface area contributed by atoms with Gasteiger partial charge in [0, 0.05) is 23.7 Å². The molecular formula is C23H23FN2O3. The van der Waals surface area contributed by atoms with E-state index in [1.165, 1.54) is 24.3 Å². The number of amides is 1. The van der Waals surface area contributed by atoms with Crippen molar-refractivity contribution in [2.45, 2.75) is 31.7 Å². The molecule has 1 fully saturated rings. The van der Waals surface area contributed by atoms with Crippen LogP contribution in [-0.4, -0.2) is 29.6 Å². The zero-order chi connectivity index (χ0) is 20.2. The fourth-order valence-electron chi connectivity index (χ4n) is 3.75. The summed E-state index contributed by atoms with van der Waals surface area (Å²) in [4.78, 5) is 15.0. The molecule has 0 N–H and O–H groups in total. The Labute approximate surface area is 169 Å². The predicted molar refractivity (Wildman–Crippen MR) is 107 cm³/mol. The van der Waals surface area contributed by atoms with Crippen LogP contribution in [0.2, 0.25) is 0 Å². The first-order chi connectivity index (χ1) is 14.2. The normalized spacial score (nSPS) is 17.0. The molecule has 0 saturated carbocycles. The van der Waals surface area contributed by atoms with Gasteiger partial charge in [0.25, 0.3) is 5.91 Å². The predicted octanol–water partition coefficient (Wildman–Crippen LogP) is 5.25. The minimum Gasteiger partial charge on any atom is -0.497 e. The molecule has 5 nitrogen and oxygen atoms in total. The lowest BCUT2D eigenvalue weighted by atomic mass is 10.0. The third-order valence-corrected chi connectivity index (χ3v) is 5.35. The minimum absolute atomic E-state index is 0.106. The van der Waals surface area contributed by atoms with Crippen LogP contribution in [0, 0.1) is 5.82 Å². The molecule has 4 rings (SSSR count). The van der Waals surface area contributed by atoms with Crippen LogP contribution in [0.3, 0.4) is 0 Å². The number of carbonyl (C=O) groups is 1. The molecule has 0 aliphatic carbocycles. The van der Waals surface area contributed by atoms with Gasteiger partial charge in [-0.2, -0.15) is 0 Å². The van der Waals surface area contributed by atoms with Gasteiger partial charge in [0.1, 0.15) is 17.3 Å². The van der Waals surface area contributed by atoms with Crippen molar-refractivity contribution < 1.29 is 18.4 Å². The highest BCUT2D eigenvalue weighted by Crippen LogP contribution is 2.33. The Balaban J connectivity index is 1.61. The van der Waals surface area contributed by atoms with Crippen molar-refractivity contribution in [3.63, 3.8) is 0 Å². The Hall–Kier alpha value is -3.15. The van der Waals surface area contributed by atoms with Gasteiger partial charge in [-0.3, -0.25) is 4.79 Å². The smallest absolute Gasteiger partial charge is 0.254 e. The Morgan fingerprint density at radius 1 is 1.10 bits per heavy atom. The van der Waals surface area contributed by atoms with E-state index in [2.05, 4.69) is 5.16 Å². The van der Waals surface area contributed by atoms with Crippen molar-refractivity contribution in [2.24, 2.45) is 0 Å². The molecule has 0 unspecified atom stereocenters. The average Bonchev–Trinajstić information content (AvgIpc) is 3.11. The van der Waals surface area contributed by atoms with Crippen molar-refractivity contribution >= 4 is 5.91 Å². The molecule has 0 radical (unpaired) electrons. The maximum Gasteiger partial charge on any atom is 0.254 e. The number of rotatable bonds is 4. The Morgan fingerprint density at radius 2 is 1.86 bits per heavy atom. The third-order valence-electron chi connectivity index (χ3n) is 5.35. The fourth-order valence-corrected chi connectivity index (χ4v) is 3.75. The van der Waals surface area contributed by atoms with Crippen LogP contribution in [0.15, 0.2) is 59.1 Å². The molecule has 1 atom stereocenters. The number of halogens is 1. The first-order valence-electron chi connectivity index (χ1n) is 9.83. The fraction of sp³-hybridized carbons (Fsp3) is 0.304. The van der Waals surface area contributed by atoms with Gasteiger partial charge in [-0.25, -0.2) is 4.39 Å². The van der Waals surface area contributed by atoms with E-state index in [0.717, 1.165) is 42.7 Å². The Bertz CT molecular complexity index is 967. The van der Waals surface area contributed by atoms with Crippen LogP contribution in [0.25, 0.3) is 11.3 Å². The summed E-state index contributed by atoms with van der Waals surface area (Å²) in [5.74, 6) is 0.968. The molecule has 29 heavy (non-hydrogen) atoms. The number of nitrogens with zero attached hydrogens (tertiary/aromatic N) is 2. The number of aromatic nitrogens is 1. The molecule has 1 aliphatic heterocycles. The Kier molecular flexibility index (Phi) is 5.60. The van der Waals surface area contributed by atoms with Gasteiger partial charge >= 0.3 is 0 Å². The second-order valence-corrected chi connectivity index (χ2v) is 7.22. The van der Waals surface area contributed by atoms with Crippen molar-refractivity contribution in [1.29, 1.82) is 0 Å². The lowest BCUT2D eigenvalue weighted by Crippen LogP contribution is -2.35. The van der Waals surface area contributed by atoms with E-state index in [4.69, 9.17) is 9.26 Å². The van der Waals surface area contributed by atoms with Crippen LogP contribution in [0.1, 0.15) is 47.8 Å². The van der Waals surface area contributed by atoms with Crippen LogP contribution in [-0.2, 0) is 0 Å². The maximum absolute atomic E-state index is 13.3. The molecule has 1 aliphatic rings. The highest BCUT2D eigenvalue weighted by atomic mass is 19.1. The van der Waals surface area contributed by atoms with Crippen molar-refractivity contribution in [3.8, 4) is 17.1 Å². The van der Waals surface area contributed by atoms with Gasteiger partial charge in [-0.1, -0.05) is 18.0 Å². The lowest BCUT2D eigenvalue weighted by Gasteiger charge is -2.28. The van der Waals surface area contributed by atoms with Crippen LogP contribution >= 0.6 is 0 Å². The average molecular weight is 394 g/mol. The summed E-state index contributed by atoms with van der Waals surface area (Å²) in [5, 5.41) is 4.28. The molecule has 150 valence electrons. The molecule has 2 heterocycles. The first kappa shape index (κ1) is 19.2. The van der Waals surface area contributed by atoms with E-state index in [1.54, 1.807) is 7.11 Å². The third kappa shape index (κ3) is 4.16. The monoisotopic (exact) mass is 394 g/mol. The number of methoxy groups -OCH3 is 1. The highest BCUT2D eigenvalue weighted by Gasteiger charge is 2.30. The number of carbonyl (C=O) groups excluding carboxylic acids is 1. The number of ether oxygens (including phenoxy) is 1. The van der Waals surface area contributed by atoms with E-state index in [0.29, 0.717) is 17.9 Å². The number of likely N-dealkylation sites (tertiary alicyclic amines) is 1. The largest absolute Gasteiger partial charge is 0.497 e. The molecule has 1 saturated heterocycles. The second kappa shape index (κ2) is 8.47. The number of hydrogen-bond donors (Lipinski definition) is 0. The van der Waals surface area contributed by atoms with Crippen molar-refractivity contribution in [1.82, 2.24) is 10.1 Å². The summed E-state index contributed by atoms with van der Waals surface area (Å²) in [6.07, 6.45) is 3.84. The van der Waals surface area contributed by atoms with E-state index in [1.807, 2.05) is 35.2 Å². The van der Waals surface area contributed by atoms with Crippen LogP contribution in [0.4, 0.5) is 4.39 Å². The van der Waals surface area contributed by atoms with Gasteiger partial charge in [-0.15, -0.1) is 0 Å². The second-order valence-electron chi connectivity index (χ2n) is 7.22. The van der Waals surface area contributed by atoms with E-state index < -0.39 is 0 Å². The summed E-state index contributed by atoms with van der Waals surface area (Å²) < 4.78 is 24.0. The van der Waals surface area contributed by atoms with Gasteiger partial charge in [0.2, 0.25) is 0 Å². The number of hydrogen-bond acceptors (Lipinski definition) is 4. The standard InChI is InChI=1S/C23H23FN2O3/c1-28-19-12-8-16(9-13-19)22-15-20(25-29-22)21-5-3-2-4-14-26(21)23(27)17-6-10-18(24)11-7-17/h6-13,15,21H,2-5,14H2,1H3/t21-/m1/s1. The first-order valence-corrected chi connectivity index (χ1v) is 9.83. The molecule has 0 spiro atoms. The van der Waals surface area contributed by atoms with Gasteiger partial charge in [0.15, 0.2) is 5.76 Å². The Morgan fingerprint density at radius 3 is 2.59 bits per heavy atom. The van der Waals surface area contributed by atoms with E-state index in [-0.39, 0.29) is 17.8 Å². The zero-order valence-electron chi connectivity index (χ0n) is 16.3. The van der Waals surface area contributed by atoms with Crippen molar-refractivity contribution in [2.75, 3.05) is 13.7 Å². The lowest BCUT2D eigenvalue weighted by molar-refractivity contribution is 0.0674. The molecule has 1 amide bonds. The van der Waals surface area contributed by atoms with Gasteiger partial charge in [-0.05, 0) is 61.4 Å². The quantitative estimate of drug-likeness (QED) is 0.607. The summed E-state index contributed by atoms with van der Waals surface area (Å²) in [6.45, 7) is 0.644.